The number of amides is 1. The summed E-state index contributed by atoms with van der Waals surface area (Å²) in [6.07, 6.45) is 2.09. The largest absolute Gasteiger partial charge is 0.481 e. The normalized spacial score (nSPS) is 18.3. The number of carbonyl (C=O) groups excluding carboxylic acids is 1. The number of carboxylic acids is 1. The molecule has 1 fully saturated rings. The number of carboxylic acid groups (broad SMARTS) is 1. The van der Waals surface area contributed by atoms with Gasteiger partial charge < -0.3 is 10.0 Å². The number of likely N-dealkylation sites (tertiary alicyclic amines) is 1. The summed E-state index contributed by atoms with van der Waals surface area (Å²) in [5.41, 5.74) is -0.259. The Morgan fingerprint density at radius 2 is 2.09 bits per heavy atom. The van der Waals surface area contributed by atoms with Gasteiger partial charge in [0.1, 0.15) is 10.8 Å². The molecular weight excluding hydrogens is 316 g/mol. The number of carbonyl (C=O) groups is 2. The molecule has 1 aromatic carbocycles. The molecule has 120 valence electrons. The van der Waals surface area contributed by atoms with Crippen molar-refractivity contribution in [3.8, 4) is 0 Å². The van der Waals surface area contributed by atoms with E-state index in [1.54, 1.807) is 0 Å². The number of piperidine rings is 1. The summed E-state index contributed by atoms with van der Waals surface area (Å²) in [7, 11) is 0. The molecule has 22 heavy (non-hydrogen) atoms. The van der Waals surface area contributed by atoms with Crippen molar-refractivity contribution < 1.29 is 23.5 Å². The number of hydrogen-bond acceptors (Lipinski definition) is 2. The maximum atomic E-state index is 13.9. The van der Waals surface area contributed by atoms with E-state index in [0.717, 1.165) is 25.0 Å². The minimum atomic E-state index is -1.06. The minimum Gasteiger partial charge on any atom is -0.481 e. The number of hydrogen-bond donors (Lipinski definition) is 1. The van der Waals surface area contributed by atoms with Crippen molar-refractivity contribution >= 4 is 23.5 Å². The lowest BCUT2D eigenvalue weighted by molar-refractivity contribution is -0.137. The van der Waals surface area contributed by atoms with Crippen LogP contribution in [0.2, 0.25) is 5.02 Å². The molecule has 1 aliphatic rings. The molecule has 1 amide bonds. The first kappa shape index (κ1) is 16.7. The van der Waals surface area contributed by atoms with E-state index < -0.39 is 28.5 Å². The van der Waals surface area contributed by atoms with Crippen LogP contribution in [0.25, 0.3) is 0 Å². The van der Waals surface area contributed by atoms with Crippen LogP contribution < -0.4 is 0 Å². The lowest BCUT2D eigenvalue weighted by Gasteiger charge is -2.32. The Kier molecular flexibility index (Phi) is 5.34. The van der Waals surface area contributed by atoms with Crippen LogP contribution in [0.5, 0.6) is 0 Å². The Balaban J connectivity index is 2.09. The molecule has 0 aliphatic carbocycles. The van der Waals surface area contributed by atoms with Gasteiger partial charge in [-0.15, -0.1) is 0 Å². The molecule has 0 spiro atoms. The van der Waals surface area contributed by atoms with Gasteiger partial charge in [0.2, 0.25) is 0 Å². The number of benzene rings is 1. The molecule has 1 heterocycles. The van der Waals surface area contributed by atoms with Crippen LogP contribution in [-0.4, -0.2) is 35.0 Å². The maximum absolute atomic E-state index is 13.9. The summed E-state index contributed by atoms with van der Waals surface area (Å²) >= 11 is 5.49. The van der Waals surface area contributed by atoms with Crippen LogP contribution in [0.1, 0.15) is 36.0 Å². The molecule has 1 unspecified atom stereocenters. The molecule has 0 radical (unpaired) electrons. The standard InChI is InChI=1S/C15H16ClF2NO3/c16-13-11(17)5-4-10(14(13)18)15(22)19-7-1-2-9(8-19)3-6-12(20)21/h4-5,9H,1-3,6-8H2,(H,20,21). The van der Waals surface area contributed by atoms with Crippen LogP contribution in [0.4, 0.5) is 8.78 Å². The molecule has 4 nitrogen and oxygen atoms in total. The Morgan fingerprint density at radius 1 is 1.36 bits per heavy atom. The second kappa shape index (κ2) is 7.05. The number of rotatable bonds is 4. The second-order valence-electron chi connectivity index (χ2n) is 5.41. The summed E-state index contributed by atoms with van der Waals surface area (Å²) in [5, 5.41) is 8.02. The molecule has 2 rings (SSSR count). The maximum Gasteiger partial charge on any atom is 0.303 e. The van der Waals surface area contributed by atoms with Crippen molar-refractivity contribution in [3.63, 3.8) is 0 Å². The van der Waals surface area contributed by atoms with E-state index in [-0.39, 0.29) is 17.9 Å². The Labute approximate surface area is 131 Å². The van der Waals surface area contributed by atoms with Crippen LogP contribution >= 0.6 is 11.6 Å². The molecule has 1 N–H and O–H groups in total. The molecule has 1 saturated heterocycles. The second-order valence-corrected chi connectivity index (χ2v) is 5.79. The Bertz CT molecular complexity index is 594. The van der Waals surface area contributed by atoms with Crippen LogP contribution in [0, 0.1) is 17.6 Å². The van der Waals surface area contributed by atoms with E-state index in [0.29, 0.717) is 19.5 Å². The SMILES string of the molecule is O=C(O)CCC1CCCN(C(=O)c2ccc(F)c(Cl)c2F)C1. The van der Waals surface area contributed by atoms with Crippen molar-refractivity contribution in [1.29, 1.82) is 0 Å². The predicted octanol–water partition coefficient (Wildman–Crippen LogP) is 3.34. The number of nitrogens with zero attached hydrogens (tertiary/aromatic N) is 1. The van der Waals surface area contributed by atoms with Crippen LogP contribution in [0.3, 0.4) is 0 Å². The molecule has 7 heteroatoms. The lowest BCUT2D eigenvalue weighted by Crippen LogP contribution is -2.40. The van der Waals surface area contributed by atoms with Crippen LogP contribution in [0.15, 0.2) is 12.1 Å². The summed E-state index contributed by atoms with van der Waals surface area (Å²) in [4.78, 5) is 24.4. The summed E-state index contributed by atoms with van der Waals surface area (Å²) in [5.74, 6) is -3.31. The first-order valence-electron chi connectivity index (χ1n) is 7.04. The minimum absolute atomic E-state index is 0.0451. The van der Waals surface area contributed by atoms with Gasteiger partial charge in [0.15, 0.2) is 5.82 Å². The summed E-state index contributed by atoms with van der Waals surface area (Å²) < 4.78 is 27.1. The van der Waals surface area contributed by atoms with Gasteiger partial charge >= 0.3 is 5.97 Å². The molecule has 1 atom stereocenters. The van der Waals surface area contributed by atoms with Crippen LogP contribution in [-0.2, 0) is 4.79 Å². The first-order valence-corrected chi connectivity index (χ1v) is 7.42. The summed E-state index contributed by atoms with van der Waals surface area (Å²) in [6.45, 7) is 0.845. The van der Waals surface area contributed by atoms with Gasteiger partial charge in [0, 0.05) is 19.5 Å². The van der Waals surface area contributed by atoms with Gasteiger partial charge in [-0.25, -0.2) is 8.78 Å². The molecule has 0 bridgehead atoms. The average Bonchev–Trinajstić information content (AvgIpc) is 2.50. The van der Waals surface area contributed by atoms with Gasteiger partial charge in [-0.05, 0) is 37.3 Å². The fourth-order valence-corrected chi connectivity index (χ4v) is 2.84. The fraction of sp³-hybridized carbons (Fsp3) is 0.467. The topological polar surface area (TPSA) is 57.6 Å². The fourth-order valence-electron chi connectivity index (χ4n) is 2.67. The summed E-state index contributed by atoms with van der Waals surface area (Å²) in [6, 6.07) is 2.05. The molecule has 0 saturated carbocycles. The Morgan fingerprint density at radius 3 is 2.77 bits per heavy atom. The Hall–Kier alpha value is -1.69. The van der Waals surface area contributed by atoms with E-state index in [2.05, 4.69) is 0 Å². The van der Waals surface area contributed by atoms with E-state index >= 15 is 0 Å². The van der Waals surface area contributed by atoms with E-state index in [1.165, 1.54) is 4.90 Å². The van der Waals surface area contributed by atoms with Gasteiger partial charge in [-0.2, -0.15) is 0 Å². The molecular formula is C15H16ClF2NO3. The average molecular weight is 332 g/mol. The highest BCUT2D eigenvalue weighted by molar-refractivity contribution is 6.31. The van der Waals surface area contributed by atoms with Gasteiger partial charge in [-0.1, -0.05) is 11.6 Å². The monoisotopic (exact) mass is 331 g/mol. The van der Waals surface area contributed by atoms with Crippen molar-refractivity contribution in [2.45, 2.75) is 25.7 Å². The smallest absolute Gasteiger partial charge is 0.303 e. The van der Waals surface area contributed by atoms with Gasteiger partial charge in [0.25, 0.3) is 5.91 Å². The van der Waals surface area contributed by atoms with Gasteiger partial charge in [0.05, 0.1) is 5.56 Å². The van der Waals surface area contributed by atoms with E-state index in [4.69, 9.17) is 16.7 Å². The molecule has 1 aromatic rings. The quantitative estimate of drug-likeness (QED) is 0.861. The number of aliphatic carboxylic acids is 1. The van der Waals surface area contributed by atoms with E-state index in [1.807, 2.05) is 0 Å². The van der Waals surface area contributed by atoms with Crippen molar-refractivity contribution in [1.82, 2.24) is 4.90 Å². The zero-order valence-electron chi connectivity index (χ0n) is 11.8. The van der Waals surface area contributed by atoms with Crippen molar-refractivity contribution in [2.75, 3.05) is 13.1 Å². The highest BCUT2D eigenvalue weighted by atomic mass is 35.5. The zero-order chi connectivity index (χ0) is 16.3. The third-order valence-corrected chi connectivity index (χ3v) is 4.18. The number of halogens is 3. The lowest BCUT2D eigenvalue weighted by atomic mass is 9.93. The zero-order valence-corrected chi connectivity index (χ0v) is 12.6. The highest BCUT2D eigenvalue weighted by Gasteiger charge is 2.27. The first-order chi connectivity index (χ1) is 10.4. The third kappa shape index (κ3) is 3.74. The predicted molar refractivity (Wildman–Crippen MR) is 76.9 cm³/mol. The third-order valence-electron chi connectivity index (χ3n) is 3.84. The van der Waals surface area contributed by atoms with Gasteiger partial charge in [-0.3, -0.25) is 9.59 Å². The highest BCUT2D eigenvalue weighted by Crippen LogP contribution is 2.26. The molecule has 1 aliphatic heterocycles. The van der Waals surface area contributed by atoms with Crippen molar-refractivity contribution in [2.24, 2.45) is 5.92 Å². The molecule has 0 aromatic heterocycles. The van der Waals surface area contributed by atoms with E-state index in [9.17, 15) is 18.4 Å². The van der Waals surface area contributed by atoms with Crippen molar-refractivity contribution in [3.05, 3.63) is 34.4 Å².